The van der Waals surface area contributed by atoms with E-state index in [2.05, 4.69) is 27.9 Å². The number of amides is 1. The lowest BCUT2D eigenvalue weighted by Gasteiger charge is -2.34. The maximum Gasteiger partial charge on any atom is 0.260 e. The number of anilines is 1. The number of aromatic nitrogens is 3. The number of para-hydroxylation sites is 1. The van der Waals surface area contributed by atoms with Gasteiger partial charge >= 0.3 is 0 Å². The van der Waals surface area contributed by atoms with E-state index in [4.69, 9.17) is 0 Å². The number of hydrogen-bond acceptors (Lipinski definition) is 4. The fourth-order valence-corrected chi connectivity index (χ4v) is 3.95. The van der Waals surface area contributed by atoms with Crippen molar-refractivity contribution in [2.45, 2.75) is 24.8 Å². The Kier molecular flexibility index (Phi) is 3.34. The Balaban J connectivity index is 1.77. The first-order chi connectivity index (χ1) is 11.1. The molecule has 0 fully saturated rings. The Morgan fingerprint density at radius 2 is 2.22 bits per heavy atom. The number of carbonyl (C=O) groups is 1. The van der Waals surface area contributed by atoms with Crippen LogP contribution in [0.4, 0.5) is 5.69 Å². The molecular formula is C17H16N4OS. The van der Waals surface area contributed by atoms with E-state index >= 15 is 0 Å². The SMILES string of the molecule is Cc1nc2ncc(C(=O)N3c4ccccc4SC[C@H]3C)cc2[nH]1. The van der Waals surface area contributed by atoms with Crippen LogP contribution in [0.5, 0.6) is 0 Å². The molecule has 1 amide bonds. The Bertz CT molecular complexity index is 904. The molecule has 2 aromatic heterocycles. The van der Waals surface area contributed by atoms with Crippen molar-refractivity contribution in [2.75, 3.05) is 10.7 Å². The summed E-state index contributed by atoms with van der Waals surface area (Å²) in [7, 11) is 0. The van der Waals surface area contributed by atoms with Crippen LogP contribution in [0.25, 0.3) is 11.2 Å². The number of thioether (sulfide) groups is 1. The quantitative estimate of drug-likeness (QED) is 0.745. The van der Waals surface area contributed by atoms with E-state index in [1.807, 2.05) is 36.1 Å². The van der Waals surface area contributed by atoms with Crippen molar-refractivity contribution in [3.05, 3.63) is 47.9 Å². The maximum absolute atomic E-state index is 13.1. The molecule has 1 N–H and O–H groups in total. The standard InChI is InChI=1S/C17H16N4OS/c1-10-9-23-15-6-4-3-5-14(15)21(10)17(22)12-7-13-16(18-8-12)20-11(2)19-13/h3-8,10H,9H2,1-2H3,(H,18,19,20)/t10-/m1/s1. The summed E-state index contributed by atoms with van der Waals surface area (Å²) >= 11 is 1.79. The van der Waals surface area contributed by atoms with Gasteiger partial charge in [-0.05, 0) is 32.0 Å². The largest absolute Gasteiger partial charge is 0.341 e. The van der Waals surface area contributed by atoms with Gasteiger partial charge in [0, 0.05) is 22.9 Å². The molecule has 0 bridgehead atoms. The van der Waals surface area contributed by atoms with Gasteiger partial charge in [0.2, 0.25) is 0 Å². The monoisotopic (exact) mass is 324 g/mol. The number of benzene rings is 1. The lowest BCUT2D eigenvalue weighted by atomic mass is 10.1. The molecule has 6 heteroatoms. The number of hydrogen-bond donors (Lipinski definition) is 1. The number of pyridine rings is 1. The highest BCUT2D eigenvalue weighted by Crippen LogP contribution is 2.37. The second-order valence-electron chi connectivity index (χ2n) is 5.72. The van der Waals surface area contributed by atoms with Gasteiger partial charge in [0.1, 0.15) is 5.82 Å². The average molecular weight is 324 g/mol. The lowest BCUT2D eigenvalue weighted by Crippen LogP contribution is -2.42. The fraction of sp³-hybridized carbons (Fsp3) is 0.235. The van der Waals surface area contributed by atoms with Crippen molar-refractivity contribution in [1.29, 1.82) is 0 Å². The van der Waals surface area contributed by atoms with Crippen molar-refractivity contribution in [3.8, 4) is 0 Å². The Hall–Kier alpha value is -2.34. The predicted octanol–water partition coefficient (Wildman–Crippen LogP) is 3.41. The van der Waals surface area contributed by atoms with Gasteiger partial charge in [0.05, 0.1) is 16.8 Å². The van der Waals surface area contributed by atoms with Crippen molar-refractivity contribution >= 4 is 34.5 Å². The Morgan fingerprint density at radius 3 is 3.09 bits per heavy atom. The third kappa shape index (κ3) is 2.39. The van der Waals surface area contributed by atoms with E-state index in [0.29, 0.717) is 11.2 Å². The van der Waals surface area contributed by atoms with Crippen LogP contribution in [0, 0.1) is 6.92 Å². The minimum atomic E-state index is -0.0214. The van der Waals surface area contributed by atoms with Gasteiger partial charge in [0.25, 0.3) is 5.91 Å². The number of H-pyrrole nitrogens is 1. The number of nitrogens with zero attached hydrogens (tertiary/aromatic N) is 3. The van der Waals surface area contributed by atoms with Crippen LogP contribution < -0.4 is 4.90 Å². The number of rotatable bonds is 1. The molecule has 3 aromatic rings. The van der Waals surface area contributed by atoms with Crippen LogP contribution in [0.15, 0.2) is 41.4 Å². The third-order valence-electron chi connectivity index (χ3n) is 3.97. The first-order valence-corrected chi connectivity index (χ1v) is 8.50. The fourth-order valence-electron chi connectivity index (χ4n) is 2.89. The van der Waals surface area contributed by atoms with Crippen molar-refractivity contribution < 1.29 is 4.79 Å². The second-order valence-corrected chi connectivity index (χ2v) is 6.78. The minimum Gasteiger partial charge on any atom is -0.341 e. The number of imidazole rings is 1. The van der Waals surface area contributed by atoms with E-state index in [1.54, 1.807) is 18.0 Å². The molecule has 5 nitrogen and oxygen atoms in total. The zero-order valence-corrected chi connectivity index (χ0v) is 13.7. The summed E-state index contributed by atoms with van der Waals surface area (Å²) in [5, 5.41) is 0. The molecule has 0 unspecified atom stereocenters. The molecule has 3 heterocycles. The molecule has 4 rings (SSSR count). The topological polar surface area (TPSA) is 61.9 Å². The van der Waals surface area contributed by atoms with Crippen LogP contribution in [0.3, 0.4) is 0 Å². The van der Waals surface area contributed by atoms with Gasteiger partial charge in [0.15, 0.2) is 5.65 Å². The van der Waals surface area contributed by atoms with Gasteiger partial charge in [-0.25, -0.2) is 9.97 Å². The van der Waals surface area contributed by atoms with E-state index in [-0.39, 0.29) is 11.9 Å². The molecule has 1 aromatic carbocycles. The molecule has 0 saturated carbocycles. The number of aromatic amines is 1. The maximum atomic E-state index is 13.1. The molecule has 0 spiro atoms. The van der Waals surface area contributed by atoms with Crippen LogP contribution >= 0.6 is 11.8 Å². The first-order valence-electron chi connectivity index (χ1n) is 7.51. The molecule has 1 aliphatic heterocycles. The molecule has 1 atom stereocenters. The normalized spacial score (nSPS) is 17.3. The highest BCUT2D eigenvalue weighted by Gasteiger charge is 2.29. The van der Waals surface area contributed by atoms with Gasteiger partial charge in [-0.3, -0.25) is 4.79 Å². The number of aryl methyl sites for hydroxylation is 1. The smallest absolute Gasteiger partial charge is 0.260 e. The second kappa shape index (κ2) is 5.38. The third-order valence-corrected chi connectivity index (χ3v) is 5.27. The molecule has 1 aliphatic rings. The van der Waals surface area contributed by atoms with Crippen LogP contribution in [-0.4, -0.2) is 32.7 Å². The summed E-state index contributed by atoms with van der Waals surface area (Å²) in [6, 6.07) is 10.0. The van der Waals surface area contributed by atoms with Gasteiger partial charge in [-0.1, -0.05) is 12.1 Å². The summed E-state index contributed by atoms with van der Waals surface area (Å²) in [6.45, 7) is 3.95. The van der Waals surface area contributed by atoms with Gasteiger partial charge < -0.3 is 9.88 Å². The summed E-state index contributed by atoms with van der Waals surface area (Å²) in [6.07, 6.45) is 1.61. The van der Waals surface area contributed by atoms with E-state index in [0.717, 1.165) is 27.7 Å². The average Bonchev–Trinajstić information content (AvgIpc) is 2.93. The van der Waals surface area contributed by atoms with E-state index < -0.39 is 0 Å². The minimum absolute atomic E-state index is 0.0214. The Morgan fingerprint density at radius 1 is 1.39 bits per heavy atom. The molecule has 0 saturated heterocycles. The molecule has 0 aliphatic carbocycles. The van der Waals surface area contributed by atoms with Crippen LogP contribution in [0.1, 0.15) is 23.1 Å². The van der Waals surface area contributed by atoms with Crippen LogP contribution in [0.2, 0.25) is 0 Å². The Labute approximate surface area is 138 Å². The van der Waals surface area contributed by atoms with E-state index in [1.165, 1.54) is 0 Å². The van der Waals surface area contributed by atoms with Crippen molar-refractivity contribution in [2.24, 2.45) is 0 Å². The molecular weight excluding hydrogens is 308 g/mol. The number of fused-ring (bicyclic) bond motifs is 2. The summed E-state index contributed by atoms with van der Waals surface area (Å²) in [5.41, 5.74) is 2.99. The molecule has 116 valence electrons. The highest BCUT2D eigenvalue weighted by atomic mass is 32.2. The van der Waals surface area contributed by atoms with Crippen molar-refractivity contribution in [3.63, 3.8) is 0 Å². The number of nitrogens with one attached hydrogen (secondary N) is 1. The van der Waals surface area contributed by atoms with Gasteiger partial charge in [-0.2, -0.15) is 0 Å². The molecule has 0 radical (unpaired) electrons. The summed E-state index contributed by atoms with van der Waals surface area (Å²) in [4.78, 5) is 27.8. The molecule has 23 heavy (non-hydrogen) atoms. The summed E-state index contributed by atoms with van der Waals surface area (Å²) < 4.78 is 0. The highest BCUT2D eigenvalue weighted by molar-refractivity contribution is 7.99. The van der Waals surface area contributed by atoms with Gasteiger partial charge in [-0.15, -0.1) is 11.8 Å². The first kappa shape index (κ1) is 14.3. The summed E-state index contributed by atoms with van der Waals surface area (Å²) in [5.74, 6) is 1.67. The zero-order chi connectivity index (χ0) is 16.0. The lowest BCUT2D eigenvalue weighted by molar-refractivity contribution is 0.0979. The van der Waals surface area contributed by atoms with Crippen LogP contribution in [-0.2, 0) is 0 Å². The van der Waals surface area contributed by atoms with E-state index in [9.17, 15) is 4.79 Å². The zero-order valence-electron chi connectivity index (χ0n) is 12.9. The van der Waals surface area contributed by atoms with Crippen molar-refractivity contribution in [1.82, 2.24) is 15.0 Å². The number of carbonyl (C=O) groups excluding carboxylic acids is 1. The predicted molar refractivity (Wildman–Crippen MR) is 92.1 cm³/mol.